The Morgan fingerprint density at radius 2 is 1.81 bits per heavy atom. The van der Waals surface area contributed by atoms with E-state index >= 15 is 0 Å². The Balaban J connectivity index is 1.59. The maximum Gasteiger partial charge on any atom is 0.421 e. The summed E-state index contributed by atoms with van der Waals surface area (Å²) in [5.74, 6) is -0.218. The molecule has 3 aromatic rings. The average Bonchev–Trinajstić information content (AvgIpc) is 3.45. The van der Waals surface area contributed by atoms with Crippen LogP contribution in [0.1, 0.15) is 48.7 Å². The van der Waals surface area contributed by atoms with Crippen molar-refractivity contribution in [1.29, 1.82) is 0 Å². The van der Waals surface area contributed by atoms with Crippen LogP contribution in [0.25, 0.3) is 5.69 Å². The second-order valence-corrected chi connectivity index (χ2v) is 8.15. The number of aliphatic hydroxyl groups is 1. The predicted molar refractivity (Wildman–Crippen MR) is 108 cm³/mol. The van der Waals surface area contributed by atoms with Crippen LogP contribution < -0.4 is 0 Å². The van der Waals surface area contributed by atoms with Gasteiger partial charge in [0, 0.05) is 24.3 Å². The fourth-order valence-corrected chi connectivity index (χ4v) is 3.86. The monoisotopic (exact) mass is 448 g/mol. The van der Waals surface area contributed by atoms with Gasteiger partial charge in [0.05, 0.1) is 35.9 Å². The van der Waals surface area contributed by atoms with E-state index in [1.54, 1.807) is 29.2 Å². The highest BCUT2D eigenvalue weighted by Crippen LogP contribution is 2.39. The van der Waals surface area contributed by atoms with Crippen molar-refractivity contribution in [2.24, 2.45) is 0 Å². The number of hydrogen-bond donors (Lipinski definition) is 1. The molecule has 8 nitrogen and oxygen atoms in total. The molecule has 0 bridgehead atoms. The molecule has 1 amide bonds. The Kier molecular flexibility index (Phi) is 5.53. The fraction of sp³-hybridized carbons (Fsp3) is 0.429. The highest BCUT2D eigenvalue weighted by molar-refractivity contribution is 5.98. The van der Waals surface area contributed by atoms with E-state index in [2.05, 4.69) is 15.3 Å². The van der Waals surface area contributed by atoms with Crippen LogP contribution in [-0.2, 0) is 5.60 Å². The number of rotatable bonds is 4. The Hall–Kier alpha value is -3.21. The lowest BCUT2D eigenvalue weighted by atomic mass is 9.97. The van der Waals surface area contributed by atoms with Crippen LogP contribution in [-0.4, -0.2) is 59.5 Å². The van der Waals surface area contributed by atoms with Gasteiger partial charge in [0.1, 0.15) is 0 Å². The summed E-state index contributed by atoms with van der Waals surface area (Å²) < 4.78 is 40.9. The van der Waals surface area contributed by atoms with Crippen LogP contribution in [0, 0.1) is 0 Å². The Morgan fingerprint density at radius 3 is 2.50 bits per heavy atom. The number of hydrogen-bond acceptors (Lipinski definition) is 5. The molecule has 32 heavy (non-hydrogen) atoms. The maximum atomic E-state index is 13.4. The maximum absolute atomic E-state index is 13.4. The predicted octanol–water partition coefficient (Wildman–Crippen LogP) is 3.10. The molecule has 0 saturated carbocycles. The van der Waals surface area contributed by atoms with Gasteiger partial charge in [-0.3, -0.25) is 9.48 Å². The lowest BCUT2D eigenvalue weighted by Gasteiger charge is -2.38. The quantitative estimate of drug-likeness (QED) is 0.663. The van der Waals surface area contributed by atoms with Crippen molar-refractivity contribution in [3.63, 3.8) is 0 Å². The van der Waals surface area contributed by atoms with E-state index < -0.39 is 11.8 Å². The van der Waals surface area contributed by atoms with Crippen LogP contribution >= 0.6 is 0 Å². The SMILES string of the molecule is C[C@@H]1CC[C@@H](n2cc([C@](C)(O)C(F)(F)F)cn2)CN1C(=O)c1ccccc1-n1nccn1. The summed E-state index contributed by atoms with van der Waals surface area (Å²) in [6, 6.07) is 6.61. The minimum absolute atomic E-state index is 0.0642. The number of para-hydroxylation sites is 1. The molecule has 170 valence electrons. The van der Waals surface area contributed by atoms with E-state index in [0.29, 0.717) is 31.0 Å². The van der Waals surface area contributed by atoms with Gasteiger partial charge in [0.15, 0.2) is 5.60 Å². The third kappa shape index (κ3) is 3.88. The smallest absolute Gasteiger partial charge is 0.376 e. The first-order chi connectivity index (χ1) is 15.1. The number of likely N-dealkylation sites (tertiary alicyclic amines) is 1. The van der Waals surface area contributed by atoms with Gasteiger partial charge in [0.2, 0.25) is 0 Å². The summed E-state index contributed by atoms with van der Waals surface area (Å²) >= 11 is 0. The van der Waals surface area contributed by atoms with Crippen LogP contribution in [0.15, 0.2) is 49.1 Å². The van der Waals surface area contributed by atoms with Crippen molar-refractivity contribution in [3.05, 3.63) is 60.2 Å². The normalized spacial score (nSPS) is 21.4. The summed E-state index contributed by atoms with van der Waals surface area (Å²) in [6.07, 6.45) is 1.74. The van der Waals surface area contributed by atoms with Gasteiger partial charge in [-0.2, -0.15) is 33.3 Å². The molecule has 0 radical (unpaired) electrons. The Labute approximate surface area is 182 Å². The van der Waals surface area contributed by atoms with Crippen LogP contribution in [0.5, 0.6) is 0 Å². The zero-order valence-electron chi connectivity index (χ0n) is 17.6. The molecule has 1 aliphatic heterocycles. The number of piperidine rings is 1. The van der Waals surface area contributed by atoms with E-state index in [4.69, 9.17) is 0 Å². The van der Waals surface area contributed by atoms with Gasteiger partial charge in [-0.15, -0.1) is 0 Å². The average molecular weight is 448 g/mol. The number of nitrogens with zero attached hydrogens (tertiary/aromatic N) is 6. The number of carbonyl (C=O) groups excluding carboxylic acids is 1. The highest BCUT2D eigenvalue weighted by Gasteiger charge is 2.52. The largest absolute Gasteiger partial charge is 0.421 e. The minimum Gasteiger partial charge on any atom is -0.376 e. The van der Waals surface area contributed by atoms with Crippen molar-refractivity contribution in [2.45, 2.75) is 50.6 Å². The molecule has 0 spiro atoms. The third-order valence-corrected chi connectivity index (χ3v) is 5.98. The summed E-state index contributed by atoms with van der Waals surface area (Å²) in [5, 5.41) is 22.2. The first kappa shape index (κ1) is 22.0. The molecule has 2 aromatic heterocycles. The van der Waals surface area contributed by atoms with E-state index in [0.717, 1.165) is 6.20 Å². The summed E-state index contributed by atoms with van der Waals surface area (Å²) in [4.78, 5) is 16.5. The molecule has 1 fully saturated rings. The van der Waals surface area contributed by atoms with Crippen LogP contribution in [0.3, 0.4) is 0 Å². The molecular weight excluding hydrogens is 425 g/mol. The van der Waals surface area contributed by atoms with Crippen molar-refractivity contribution in [2.75, 3.05) is 6.54 Å². The molecular formula is C21H23F3N6O2. The molecule has 3 heterocycles. The van der Waals surface area contributed by atoms with Gasteiger partial charge < -0.3 is 10.0 Å². The number of halogens is 3. The number of amides is 1. The standard InChI is InChI=1S/C21H23F3N6O2/c1-14-7-8-16(29-12-15(11-27-29)20(2,32)21(22,23)24)13-28(14)19(31)17-5-3-4-6-18(17)30-25-9-10-26-30/h3-6,9-12,14,16,32H,7-8,13H2,1-2H3/t14-,16-,20+/m1/s1. The van der Waals surface area contributed by atoms with Crippen LogP contribution in [0.4, 0.5) is 13.2 Å². The Bertz CT molecular complexity index is 1090. The molecule has 0 aliphatic carbocycles. The summed E-state index contributed by atoms with van der Waals surface area (Å²) in [6.45, 7) is 2.91. The first-order valence-corrected chi connectivity index (χ1v) is 10.2. The molecule has 1 aliphatic rings. The second kappa shape index (κ2) is 8.05. The van der Waals surface area contributed by atoms with Crippen molar-refractivity contribution in [1.82, 2.24) is 29.7 Å². The number of alkyl halides is 3. The fourth-order valence-electron chi connectivity index (χ4n) is 3.86. The van der Waals surface area contributed by atoms with Crippen molar-refractivity contribution >= 4 is 5.91 Å². The minimum atomic E-state index is -4.83. The second-order valence-electron chi connectivity index (χ2n) is 8.15. The molecule has 1 aromatic carbocycles. The Morgan fingerprint density at radius 1 is 1.12 bits per heavy atom. The van der Waals surface area contributed by atoms with Gasteiger partial charge in [-0.1, -0.05) is 12.1 Å². The van der Waals surface area contributed by atoms with Gasteiger partial charge in [-0.05, 0) is 38.8 Å². The van der Waals surface area contributed by atoms with E-state index in [1.165, 1.54) is 28.1 Å². The highest BCUT2D eigenvalue weighted by atomic mass is 19.4. The van der Waals surface area contributed by atoms with E-state index in [1.807, 2.05) is 6.92 Å². The van der Waals surface area contributed by atoms with Crippen LogP contribution in [0.2, 0.25) is 0 Å². The summed E-state index contributed by atoms with van der Waals surface area (Å²) in [5.41, 5.74) is -2.37. The molecule has 3 atom stereocenters. The van der Waals surface area contributed by atoms with Gasteiger partial charge >= 0.3 is 6.18 Å². The lowest BCUT2D eigenvalue weighted by Crippen LogP contribution is -2.46. The lowest BCUT2D eigenvalue weighted by molar-refractivity contribution is -0.258. The molecule has 11 heteroatoms. The van der Waals surface area contributed by atoms with E-state index in [-0.39, 0.29) is 30.1 Å². The van der Waals surface area contributed by atoms with Crippen molar-refractivity contribution in [3.8, 4) is 5.69 Å². The zero-order chi connectivity index (χ0) is 23.1. The van der Waals surface area contributed by atoms with Gasteiger partial charge in [-0.25, -0.2) is 0 Å². The summed E-state index contributed by atoms with van der Waals surface area (Å²) in [7, 11) is 0. The van der Waals surface area contributed by atoms with Crippen molar-refractivity contribution < 1.29 is 23.1 Å². The molecule has 1 saturated heterocycles. The number of carbonyl (C=O) groups is 1. The van der Waals surface area contributed by atoms with Gasteiger partial charge in [0.25, 0.3) is 5.91 Å². The molecule has 1 N–H and O–H groups in total. The zero-order valence-corrected chi connectivity index (χ0v) is 17.6. The topological polar surface area (TPSA) is 89.1 Å². The molecule has 0 unspecified atom stereocenters. The number of aromatic nitrogens is 5. The van der Waals surface area contributed by atoms with E-state index in [9.17, 15) is 23.1 Å². The first-order valence-electron chi connectivity index (χ1n) is 10.2. The number of benzene rings is 1. The molecule has 4 rings (SSSR count). The third-order valence-electron chi connectivity index (χ3n) is 5.98.